The van der Waals surface area contributed by atoms with E-state index >= 15 is 0 Å². The van der Waals surface area contributed by atoms with Crippen LogP contribution in [0, 0.1) is 18.6 Å². The largest absolute Gasteiger partial charge is 0.507 e. The van der Waals surface area contributed by atoms with Crippen LogP contribution in [0.5, 0.6) is 11.5 Å². The van der Waals surface area contributed by atoms with Gasteiger partial charge in [0.2, 0.25) is 4.77 Å². The first kappa shape index (κ1) is 19.8. The quantitative estimate of drug-likeness (QED) is 0.461. The SMILES string of the molecule is Cc1cc(/C=N/n2c(COc3ccc(C(C)C)cc3)n[nH]c2=S)cc(C)c1O. The summed E-state index contributed by atoms with van der Waals surface area (Å²) >= 11 is 5.27. The van der Waals surface area contributed by atoms with E-state index in [0.29, 0.717) is 22.3 Å². The number of H-pyrrole nitrogens is 1. The van der Waals surface area contributed by atoms with Crippen LogP contribution in [0.15, 0.2) is 41.5 Å². The van der Waals surface area contributed by atoms with Gasteiger partial charge in [0.1, 0.15) is 18.1 Å². The smallest absolute Gasteiger partial charge is 0.216 e. The first-order valence-corrected chi connectivity index (χ1v) is 9.49. The minimum atomic E-state index is 0.235. The zero-order valence-electron chi connectivity index (χ0n) is 16.4. The molecule has 0 amide bonds. The number of aryl methyl sites for hydroxylation is 2. The monoisotopic (exact) mass is 396 g/mol. The normalized spacial score (nSPS) is 11.5. The lowest BCUT2D eigenvalue weighted by Gasteiger charge is -2.08. The van der Waals surface area contributed by atoms with Crippen molar-refractivity contribution in [1.82, 2.24) is 14.9 Å². The van der Waals surface area contributed by atoms with Gasteiger partial charge in [0.05, 0.1) is 6.21 Å². The van der Waals surface area contributed by atoms with Crippen LogP contribution < -0.4 is 4.74 Å². The average Bonchev–Trinajstić information content (AvgIpc) is 3.02. The van der Waals surface area contributed by atoms with Crippen molar-refractivity contribution in [2.45, 2.75) is 40.2 Å². The maximum Gasteiger partial charge on any atom is 0.216 e. The van der Waals surface area contributed by atoms with Crippen LogP contribution in [0.25, 0.3) is 0 Å². The van der Waals surface area contributed by atoms with Gasteiger partial charge in [-0.15, -0.1) is 0 Å². The number of nitrogens with one attached hydrogen (secondary N) is 1. The minimum Gasteiger partial charge on any atom is -0.507 e. The minimum absolute atomic E-state index is 0.235. The molecule has 2 N–H and O–H groups in total. The number of ether oxygens (including phenoxy) is 1. The second kappa shape index (κ2) is 8.39. The van der Waals surface area contributed by atoms with Gasteiger partial charge < -0.3 is 9.84 Å². The third-order valence-corrected chi connectivity index (χ3v) is 4.73. The Kier molecular flexibility index (Phi) is 5.94. The summed E-state index contributed by atoms with van der Waals surface area (Å²) in [6.07, 6.45) is 1.69. The third-order valence-electron chi connectivity index (χ3n) is 4.47. The van der Waals surface area contributed by atoms with Gasteiger partial charge in [-0.1, -0.05) is 26.0 Å². The summed E-state index contributed by atoms with van der Waals surface area (Å²) in [5.41, 5.74) is 3.72. The molecule has 6 nitrogen and oxygen atoms in total. The molecule has 0 spiro atoms. The lowest BCUT2D eigenvalue weighted by molar-refractivity contribution is 0.290. The number of phenolic OH excluding ortho intramolecular Hbond substituents is 1. The number of aromatic amines is 1. The number of phenols is 1. The van der Waals surface area contributed by atoms with Crippen LogP contribution in [-0.2, 0) is 6.61 Å². The molecule has 0 bridgehead atoms. The number of hydrogen-bond donors (Lipinski definition) is 2. The van der Waals surface area contributed by atoms with Crippen molar-refractivity contribution in [2.24, 2.45) is 5.10 Å². The fourth-order valence-corrected chi connectivity index (χ4v) is 3.02. The van der Waals surface area contributed by atoms with E-state index in [2.05, 4.69) is 41.3 Å². The van der Waals surface area contributed by atoms with Gasteiger partial charge in [-0.3, -0.25) is 0 Å². The molecule has 7 heteroatoms. The van der Waals surface area contributed by atoms with Gasteiger partial charge in [0, 0.05) is 0 Å². The standard InChI is InChI=1S/C21H24N4O2S/c1-13(2)17-5-7-18(8-6-17)27-12-19-23-24-21(28)25(19)22-11-16-9-14(3)20(26)15(4)10-16/h5-11,13,26H,12H2,1-4H3,(H,24,28)/b22-11+. The zero-order chi connectivity index (χ0) is 20.3. The highest BCUT2D eigenvalue weighted by Crippen LogP contribution is 2.22. The van der Waals surface area contributed by atoms with Gasteiger partial charge in [0.15, 0.2) is 5.82 Å². The summed E-state index contributed by atoms with van der Waals surface area (Å²) in [5, 5.41) is 21.3. The summed E-state index contributed by atoms with van der Waals surface area (Å²) in [4.78, 5) is 0. The van der Waals surface area contributed by atoms with Crippen molar-refractivity contribution in [3.63, 3.8) is 0 Å². The number of aromatic hydroxyl groups is 1. The van der Waals surface area contributed by atoms with E-state index in [4.69, 9.17) is 17.0 Å². The van der Waals surface area contributed by atoms with Gasteiger partial charge in [-0.05, 0) is 78.5 Å². The Morgan fingerprint density at radius 2 is 1.86 bits per heavy atom. The van der Waals surface area contributed by atoms with Gasteiger partial charge in [-0.2, -0.15) is 14.9 Å². The molecule has 3 rings (SSSR count). The van der Waals surface area contributed by atoms with E-state index < -0.39 is 0 Å². The van der Waals surface area contributed by atoms with Crippen molar-refractivity contribution in [1.29, 1.82) is 0 Å². The number of hydrogen-bond acceptors (Lipinski definition) is 5. The molecule has 0 fully saturated rings. The second-order valence-electron chi connectivity index (χ2n) is 7.02. The topological polar surface area (TPSA) is 75.4 Å². The van der Waals surface area contributed by atoms with E-state index in [-0.39, 0.29) is 6.61 Å². The van der Waals surface area contributed by atoms with Crippen molar-refractivity contribution in [3.8, 4) is 11.5 Å². The second-order valence-corrected chi connectivity index (χ2v) is 7.40. The summed E-state index contributed by atoms with van der Waals surface area (Å²) < 4.78 is 7.75. The Morgan fingerprint density at radius 3 is 2.46 bits per heavy atom. The average molecular weight is 397 g/mol. The highest BCUT2D eigenvalue weighted by molar-refractivity contribution is 7.71. The van der Waals surface area contributed by atoms with E-state index in [1.807, 2.05) is 38.1 Å². The number of benzene rings is 2. The molecule has 0 aliphatic carbocycles. The Morgan fingerprint density at radius 1 is 1.21 bits per heavy atom. The summed E-state index contributed by atoms with van der Waals surface area (Å²) in [5.74, 6) is 2.11. The highest BCUT2D eigenvalue weighted by atomic mass is 32.1. The summed E-state index contributed by atoms with van der Waals surface area (Å²) in [7, 11) is 0. The first-order chi connectivity index (χ1) is 13.3. The molecule has 3 aromatic rings. The van der Waals surface area contributed by atoms with Crippen LogP contribution in [0.4, 0.5) is 0 Å². The Hall–Kier alpha value is -2.93. The van der Waals surface area contributed by atoms with Crippen LogP contribution in [0.1, 0.15) is 47.8 Å². The first-order valence-electron chi connectivity index (χ1n) is 9.08. The summed E-state index contributed by atoms with van der Waals surface area (Å²) in [6, 6.07) is 11.7. The number of rotatable bonds is 6. The molecule has 1 heterocycles. The van der Waals surface area contributed by atoms with Crippen molar-refractivity contribution < 1.29 is 9.84 Å². The fourth-order valence-electron chi connectivity index (χ4n) is 2.82. The molecule has 28 heavy (non-hydrogen) atoms. The Bertz CT molecular complexity index is 1030. The molecule has 1 aromatic heterocycles. The predicted octanol–water partition coefficient (Wildman–Crippen LogP) is 4.85. The van der Waals surface area contributed by atoms with E-state index in [1.54, 1.807) is 6.21 Å². The molecule has 0 aliphatic heterocycles. The number of aromatic nitrogens is 3. The lowest BCUT2D eigenvalue weighted by atomic mass is 10.0. The molecule has 2 aromatic carbocycles. The van der Waals surface area contributed by atoms with Crippen molar-refractivity contribution in [2.75, 3.05) is 0 Å². The molecule has 0 saturated carbocycles. The lowest BCUT2D eigenvalue weighted by Crippen LogP contribution is -2.04. The summed E-state index contributed by atoms with van der Waals surface area (Å²) in [6.45, 7) is 8.25. The van der Waals surface area contributed by atoms with Crippen LogP contribution in [0.2, 0.25) is 0 Å². The maximum atomic E-state index is 9.90. The zero-order valence-corrected chi connectivity index (χ0v) is 17.2. The van der Waals surface area contributed by atoms with Crippen LogP contribution in [-0.4, -0.2) is 26.2 Å². The van der Waals surface area contributed by atoms with Gasteiger partial charge in [-0.25, -0.2) is 5.10 Å². The van der Waals surface area contributed by atoms with E-state index in [9.17, 15) is 5.11 Å². The van der Waals surface area contributed by atoms with Gasteiger partial charge in [0.25, 0.3) is 0 Å². The molecule has 146 valence electrons. The van der Waals surface area contributed by atoms with E-state index in [0.717, 1.165) is 22.4 Å². The molecule has 0 atom stereocenters. The Balaban J connectivity index is 1.76. The molecule has 0 radical (unpaired) electrons. The van der Waals surface area contributed by atoms with Crippen LogP contribution >= 0.6 is 12.2 Å². The molecular weight excluding hydrogens is 372 g/mol. The van der Waals surface area contributed by atoms with Gasteiger partial charge >= 0.3 is 0 Å². The third kappa shape index (κ3) is 4.48. The van der Waals surface area contributed by atoms with Crippen molar-refractivity contribution in [3.05, 3.63) is 69.2 Å². The molecule has 0 unspecified atom stereocenters. The number of nitrogens with zero attached hydrogens (tertiary/aromatic N) is 3. The molecular formula is C21H24N4O2S. The van der Waals surface area contributed by atoms with E-state index in [1.165, 1.54) is 10.2 Å². The maximum absolute atomic E-state index is 9.90. The molecule has 0 saturated heterocycles. The van der Waals surface area contributed by atoms with Crippen LogP contribution in [0.3, 0.4) is 0 Å². The molecule has 0 aliphatic rings. The fraction of sp³-hybridized carbons (Fsp3) is 0.286. The highest BCUT2D eigenvalue weighted by Gasteiger charge is 2.07. The van der Waals surface area contributed by atoms with Crippen molar-refractivity contribution >= 4 is 18.4 Å². The predicted molar refractivity (Wildman–Crippen MR) is 113 cm³/mol. The Labute approximate surface area is 169 Å².